The van der Waals surface area contributed by atoms with Gasteiger partial charge < -0.3 is 4.90 Å². The van der Waals surface area contributed by atoms with E-state index in [2.05, 4.69) is 18.9 Å². The number of fused-ring (bicyclic) bond motifs is 1. The van der Waals surface area contributed by atoms with Crippen LogP contribution in [0.25, 0.3) is 0 Å². The molecule has 0 spiro atoms. The number of hydrogen-bond acceptors (Lipinski definition) is 1. The van der Waals surface area contributed by atoms with Crippen molar-refractivity contribution < 1.29 is 0 Å². The van der Waals surface area contributed by atoms with E-state index in [9.17, 15) is 0 Å². The molecule has 1 aliphatic carbocycles. The lowest BCUT2D eigenvalue weighted by Gasteiger charge is -2.16. The minimum absolute atomic E-state index is 1.06. The van der Waals surface area contributed by atoms with E-state index in [1.54, 1.807) is 0 Å². The molecule has 0 aromatic carbocycles. The zero-order valence-corrected chi connectivity index (χ0v) is 7.71. The number of likely N-dealkylation sites (tertiary alicyclic amines) is 1. The van der Waals surface area contributed by atoms with Gasteiger partial charge in [-0.1, -0.05) is 13.3 Å². The molecular weight excluding hydrogens is 134 g/mol. The first-order chi connectivity index (χ1) is 5.31. The van der Waals surface area contributed by atoms with Gasteiger partial charge in [0.1, 0.15) is 0 Å². The van der Waals surface area contributed by atoms with Gasteiger partial charge in [-0.25, -0.2) is 0 Å². The summed E-state index contributed by atoms with van der Waals surface area (Å²) < 4.78 is 0. The third-order valence-corrected chi connectivity index (χ3v) is 3.71. The Hall–Kier alpha value is -0.0400. The van der Waals surface area contributed by atoms with Crippen LogP contribution >= 0.6 is 0 Å². The van der Waals surface area contributed by atoms with Gasteiger partial charge in [0.2, 0.25) is 0 Å². The van der Waals surface area contributed by atoms with E-state index in [-0.39, 0.29) is 0 Å². The molecule has 1 heteroatoms. The summed E-state index contributed by atoms with van der Waals surface area (Å²) in [6.45, 7) is 5.11. The number of nitrogens with zero attached hydrogens (tertiary/aromatic N) is 1. The van der Waals surface area contributed by atoms with Gasteiger partial charge in [-0.3, -0.25) is 0 Å². The molecule has 0 aromatic rings. The maximum atomic E-state index is 2.51. The zero-order chi connectivity index (χ0) is 7.84. The van der Waals surface area contributed by atoms with Gasteiger partial charge in [0, 0.05) is 13.1 Å². The van der Waals surface area contributed by atoms with Gasteiger partial charge in [-0.2, -0.15) is 0 Å². The maximum Gasteiger partial charge on any atom is 0.00125 e. The summed E-state index contributed by atoms with van der Waals surface area (Å²) in [5.74, 6) is 3.18. The molecule has 1 saturated heterocycles. The normalized spacial score (nSPS) is 44.7. The molecule has 2 aliphatic rings. The van der Waals surface area contributed by atoms with Crippen molar-refractivity contribution in [2.75, 3.05) is 20.1 Å². The Morgan fingerprint density at radius 3 is 2.82 bits per heavy atom. The van der Waals surface area contributed by atoms with Crippen LogP contribution in [0.1, 0.15) is 26.2 Å². The molecule has 0 bridgehead atoms. The SMILES string of the molecule is CCC1CCC2CN(C)CC12. The van der Waals surface area contributed by atoms with Crippen molar-refractivity contribution in [2.24, 2.45) is 17.8 Å². The highest BCUT2D eigenvalue weighted by Gasteiger charge is 2.40. The number of rotatable bonds is 1. The average Bonchev–Trinajstić information content (AvgIpc) is 2.45. The largest absolute Gasteiger partial charge is 0.306 e. The first-order valence-corrected chi connectivity index (χ1v) is 4.99. The third kappa shape index (κ3) is 1.20. The van der Waals surface area contributed by atoms with E-state index in [1.165, 1.54) is 32.4 Å². The topological polar surface area (TPSA) is 3.24 Å². The fraction of sp³-hybridized carbons (Fsp3) is 1.00. The lowest BCUT2D eigenvalue weighted by molar-refractivity contribution is 0.326. The standard InChI is InChI=1S/C10H19N/c1-3-8-4-5-9-6-11(2)7-10(8)9/h8-10H,3-7H2,1-2H3. The van der Waals surface area contributed by atoms with Crippen molar-refractivity contribution in [1.29, 1.82) is 0 Å². The van der Waals surface area contributed by atoms with Crippen molar-refractivity contribution in [3.8, 4) is 0 Å². The van der Waals surface area contributed by atoms with Gasteiger partial charge in [0.05, 0.1) is 0 Å². The van der Waals surface area contributed by atoms with E-state index in [1.807, 2.05) is 0 Å². The Balaban J connectivity index is 2.01. The molecule has 1 nitrogen and oxygen atoms in total. The molecule has 2 fully saturated rings. The van der Waals surface area contributed by atoms with Crippen LogP contribution in [0.15, 0.2) is 0 Å². The first-order valence-electron chi connectivity index (χ1n) is 4.99. The van der Waals surface area contributed by atoms with Crippen LogP contribution in [-0.4, -0.2) is 25.0 Å². The second-order valence-electron chi connectivity index (χ2n) is 4.39. The van der Waals surface area contributed by atoms with E-state index in [0.29, 0.717) is 0 Å². The zero-order valence-electron chi connectivity index (χ0n) is 7.71. The molecule has 0 aromatic heterocycles. The number of hydrogen-bond donors (Lipinski definition) is 0. The van der Waals surface area contributed by atoms with E-state index in [4.69, 9.17) is 0 Å². The highest BCUT2D eigenvalue weighted by atomic mass is 15.1. The van der Waals surface area contributed by atoms with E-state index in [0.717, 1.165) is 17.8 Å². The van der Waals surface area contributed by atoms with Crippen LogP contribution in [-0.2, 0) is 0 Å². The minimum atomic E-state index is 1.06. The minimum Gasteiger partial charge on any atom is -0.306 e. The summed E-state index contributed by atoms with van der Waals surface area (Å²) in [5, 5.41) is 0. The predicted octanol–water partition coefficient (Wildman–Crippen LogP) is 1.98. The second kappa shape index (κ2) is 2.78. The van der Waals surface area contributed by atoms with Crippen LogP contribution in [0, 0.1) is 17.8 Å². The average molecular weight is 153 g/mol. The van der Waals surface area contributed by atoms with Crippen molar-refractivity contribution in [3.63, 3.8) is 0 Å². The molecule has 0 amide bonds. The van der Waals surface area contributed by atoms with Crippen molar-refractivity contribution in [2.45, 2.75) is 26.2 Å². The molecule has 1 aliphatic heterocycles. The van der Waals surface area contributed by atoms with Crippen molar-refractivity contribution in [1.82, 2.24) is 4.90 Å². The molecule has 0 N–H and O–H groups in total. The summed E-state index contributed by atoms with van der Waals surface area (Å²) in [4.78, 5) is 2.51. The van der Waals surface area contributed by atoms with Gasteiger partial charge in [-0.15, -0.1) is 0 Å². The molecule has 64 valence electrons. The summed E-state index contributed by atoms with van der Waals surface area (Å²) in [6.07, 6.45) is 4.43. The Bertz CT molecular complexity index is 142. The van der Waals surface area contributed by atoms with Crippen LogP contribution in [0.3, 0.4) is 0 Å². The molecule has 1 heterocycles. The van der Waals surface area contributed by atoms with Crippen molar-refractivity contribution in [3.05, 3.63) is 0 Å². The summed E-state index contributed by atoms with van der Waals surface area (Å²) in [6, 6.07) is 0. The highest BCUT2D eigenvalue weighted by molar-refractivity contribution is 4.91. The van der Waals surface area contributed by atoms with E-state index < -0.39 is 0 Å². The second-order valence-corrected chi connectivity index (χ2v) is 4.39. The molecule has 2 rings (SSSR count). The van der Waals surface area contributed by atoms with Crippen molar-refractivity contribution >= 4 is 0 Å². The predicted molar refractivity (Wildman–Crippen MR) is 47.5 cm³/mol. The smallest absolute Gasteiger partial charge is 0.00125 e. The van der Waals surface area contributed by atoms with Gasteiger partial charge in [0.25, 0.3) is 0 Å². The quantitative estimate of drug-likeness (QED) is 0.557. The Labute approximate surface area is 69.8 Å². The Morgan fingerprint density at radius 2 is 2.09 bits per heavy atom. The summed E-state index contributed by atoms with van der Waals surface area (Å²) >= 11 is 0. The van der Waals surface area contributed by atoms with Gasteiger partial charge in [-0.05, 0) is 37.6 Å². The Morgan fingerprint density at radius 1 is 1.27 bits per heavy atom. The first kappa shape index (κ1) is 7.60. The molecule has 1 saturated carbocycles. The van der Waals surface area contributed by atoms with Gasteiger partial charge >= 0.3 is 0 Å². The molecular formula is C10H19N. The maximum absolute atomic E-state index is 2.51. The third-order valence-electron chi connectivity index (χ3n) is 3.71. The fourth-order valence-corrected chi connectivity index (χ4v) is 3.11. The van der Waals surface area contributed by atoms with Crippen LogP contribution in [0.4, 0.5) is 0 Å². The summed E-state index contributed by atoms with van der Waals surface area (Å²) in [5.41, 5.74) is 0. The van der Waals surface area contributed by atoms with Crippen LogP contribution < -0.4 is 0 Å². The molecule has 11 heavy (non-hydrogen) atoms. The molecule has 3 atom stereocenters. The highest BCUT2D eigenvalue weighted by Crippen LogP contribution is 2.42. The summed E-state index contributed by atoms with van der Waals surface area (Å²) in [7, 11) is 2.27. The van der Waals surface area contributed by atoms with Gasteiger partial charge in [0.15, 0.2) is 0 Å². The lowest BCUT2D eigenvalue weighted by Crippen LogP contribution is -2.17. The molecule has 0 radical (unpaired) electrons. The van der Waals surface area contributed by atoms with E-state index >= 15 is 0 Å². The fourth-order valence-electron chi connectivity index (χ4n) is 3.11. The van der Waals surface area contributed by atoms with Crippen LogP contribution in [0.5, 0.6) is 0 Å². The molecule has 3 unspecified atom stereocenters. The monoisotopic (exact) mass is 153 g/mol. The Kier molecular flexibility index (Phi) is 1.92. The lowest BCUT2D eigenvalue weighted by atomic mass is 9.91. The van der Waals surface area contributed by atoms with Crippen LogP contribution in [0.2, 0.25) is 0 Å².